The van der Waals surface area contributed by atoms with Crippen molar-refractivity contribution in [3.05, 3.63) is 53.1 Å². The molecule has 27 heavy (non-hydrogen) atoms. The standard InChI is InChI=1S/C21H29N5S/c1-14-13-17(15(2)26(14)16-8-9-16)20-19(18-7-5-6-10-22-18)23-21(27)25(20)12-11-24(3)4/h5-7,10,13,16,19-20H,8-9,11-12H2,1-4H3,(H,23,27)/t19-,20+/m0/s1. The second-order valence-corrected chi connectivity index (χ2v) is 8.44. The zero-order chi connectivity index (χ0) is 19.1. The van der Waals surface area contributed by atoms with Crippen molar-refractivity contribution < 1.29 is 0 Å². The van der Waals surface area contributed by atoms with E-state index < -0.39 is 0 Å². The number of aromatic nitrogens is 2. The topological polar surface area (TPSA) is 36.3 Å². The third-order valence-electron chi connectivity index (χ3n) is 5.74. The molecule has 1 aliphatic heterocycles. The summed E-state index contributed by atoms with van der Waals surface area (Å²) < 4.78 is 2.52. The number of rotatable bonds is 6. The molecule has 2 atom stereocenters. The molecule has 6 heteroatoms. The Bertz CT molecular complexity index is 825. The summed E-state index contributed by atoms with van der Waals surface area (Å²) in [4.78, 5) is 9.21. The van der Waals surface area contributed by atoms with Crippen LogP contribution in [0.2, 0.25) is 0 Å². The fourth-order valence-corrected chi connectivity index (χ4v) is 4.62. The zero-order valence-electron chi connectivity index (χ0n) is 16.6. The maximum atomic E-state index is 5.76. The van der Waals surface area contributed by atoms with Gasteiger partial charge in [0.2, 0.25) is 0 Å². The first kappa shape index (κ1) is 18.4. The molecule has 0 bridgehead atoms. The monoisotopic (exact) mass is 383 g/mol. The molecule has 0 spiro atoms. The molecular weight excluding hydrogens is 354 g/mol. The van der Waals surface area contributed by atoms with Crippen molar-refractivity contribution in [1.29, 1.82) is 0 Å². The Kier molecular flexibility index (Phi) is 4.95. The molecule has 0 unspecified atom stereocenters. The molecule has 0 amide bonds. The second kappa shape index (κ2) is 7.24. The minimum atomic E-state index is 0.0778. The molecule has 3 heterocycles. The first-order valence-electron chi connectivity index (χ1n) is 9.78. The molecule has 0 aromatic carbocycles. The normalized spacial score (nSPS) is 22.6. The second-order valence-electron chi connectivity index (χ2n) is 8.05. The average Bonchev–Trinajstić information content (AvgIpc) is 3.35. The van der Waals surface area contributed by atoms with E-state index in [1.807, 2.05) is 12.3 Å². The summed E-state index contributed by atoms with van der Waals surface area (Å²) in [5, 5.41) is 4.39. The Morgan fingerprint density at radius 3 is 2.67 bits per heavy atom. The lowest BCUT2D eigenvalue weighted by Gasteiger charge is -2.29. The van der Waals surface area contributed by atoms with Gasteiger partial charge in [-0.15, -0.1) is 0 Å². The Morgan fingerprint density at radius 2 is 2.04 bits per heavy atom. The van der Waals surface area contributed by atoms with Gasteiger partial charge in [-0.25, -0.2) is 0 Å². The SMILES string of the molecule is Cc1cc([C@@H]2[C@H](c3ccccn3)NC(=S)N2CCN(C)C)c(C)n1C1CC1. The molecule has 1 aliphatic carbocycles. The molecule has 2 fully saturated rings. The fraction of sp³-hybridized carbons (Fsp3) is 0.524. The molecule has 5 nitrogen and oxygen atoms in total. The number of nitrogens with one attached hydrogen (secondary N) is 1. The highest BCUT2D eigenvalue weighted by Crippen LogP contribution is 2.44. The van der Waals surface area contributed by atoms with Crippen LogP contribution in [0, 0.1) is 13.8 Å². The van der Waals surface area contributed by atoms with Crippen molar-refractivity contribution in [2.45, 2.75) is 44.8 Å². The summed E-state index contributed by atoms with van der Waals surface area (Å²) in [5.74, 6) is 0. The number of aryl methyl sites for hydroxylation is 1. The van der Waals surface area contributed by atoms with Crippen LogP contribution in [0.25, 0.3) is 0 Å². The van der Waals surface area contributed by atoms with E-state index in [2.05, 4.69) is 70.8 Å². The number of likely N-dealkylation sites (N-methyl/N-ethyl adjacent to an activating group) is 1. The van der Waals surface area contributed by atoms with E-state index in [1.165, 1.54) is 29.8 Å². The highest BCUT2D eigenvalue weighted by atomic mass is 32.1. The van der Waals surface area contributed by atoms with Gasteiger partial charge in [0.1, 0.15) is 0 Å². The van der Waals surface area contributed by atoms with E-state index >= 15 is 0 Å². The minimum absolute atomic E-state index is 0.0778. The third-order valence-corrected chi connectivity index (χ3v) is 6.09. The van der Waals surface area contributed by atoms with Crippen LogP contribution in [-0.4, -0.2) is 51.6 Å². The number of thiocarbonyl (C=S) groups is 1. The molecule has 1 N–H and O–H groups in total. The van der Waals surface area contributed by atoms with E-state index in [4.69, 9.17) is 12.2 Å². The molecule has 4 rings (SSSR count). The summed E-state index contributed by atoms with van der Waals surface area (Å²) >= 11 is 5.76. The van der Waals surface area contributed by atoms with E-state index in [1.54, 1.807) is 0 Å². The van der Waals surface area contributed by atoms with Gasteiger partial charge < -0.3 is 19.7 Å². The highest BCUT2D eigenvalue weighted by molar-refractivity contribution is 7.80. The van der Waals surface area contributed by atoms with Crippen molar-refractivity contribution in [2.75, 3.05) is 27.2 Å². The van der Waals surface area contributed by atoms with Crippen LogP contribution in [0.1, 0.15) is 53.6 Å². The molecule has 1 saturated carbocycles. The van der Waals surface area contributed by atoms with Crippen LogP contribution in [-0.2, 0) is 0 Å². The number of hydrogen-bond donors (Lipinski definition) is 1. The smallest absolute Gasteiger partial charge is 0.170 e. The van der Waals surface area contributed by atoms with Crippen LogP contribution < -0.4 is 5.32 Å². The van der Waals surface area contributed by atoms with Crippen molar-refractivity contribution >= 4 is 17.3 Å². The Balaban J connectivity index is 1.75. The lowest BCUT2D eigenvalue weighted by atomic mass is 9.97. The largest absolute Gasteiger partial charge is 0.352 e. The minimum Gasteiger partial charge on any atom is -0.352 e. The Hall–Kier alpha value is -1.92. The molecule has 2 aromatic rings. The van der Waals surface area contributed by atoms with Gasteiger partial charge in [0.05, 0.1) is 17.8 Å². The Morgan fingerprint density at radius 1 is 1.26 bits per heavy atom. The van der Waals surface area contributed by atoms with Gasteiger partial charge in [-0.2, -0.15) is 0 Å². The van der Waals surface area contributed by atoms with Crippen LogP contribution in [0.5, 0.6) is 0 Å². The van der Waals surface area contributed by atoms with Gasteiger partial charge in [0.25, 0.3) is 0 Å². The van der Waals surface area contributed by atoms with Gasteiger partial charge in [-0.05, 0) is 76.8 Å². The van der Waals surface area contributed by atoms with Crippen LogP contribution in [0.4, 0.5) is 0 Å². The lowest BCUT2D eigenvalue weighted by Crippen LogP contribution is -2.35. The summed E-state index contributed by atoms with van der Waals surface area (Å²) in [6.45, 7) is 6.37. The van der Waals surface area contributed by atoms with Gasteiger partial charge in [-0.3, -0.25) is 4.98 Å². The molecular formula is C21H29N5S. The van der Waals surface area contributed by atoms with Gasteiger partial charge in [0.15, 0.2) is 5.11 Å². The number of nitrogens with zero attached hydrogens (tertiary/aromatic N) is 4. The van der Waals surface area contributed by atoms with Crippen LogP contribution in [0.15, 0.2) is 30.5 Å². The van der Waals surface area contributed by atoms with E-state index in [0.717, 1.165) is 23.9 Å². The van der Waals surface area contributed by atoms with E-state index in [-0.39, 0.29) is 12.1 Å². The van der Waals surface area contributed by atoms with E-state index in [0.29, 0.717) is 6.04 Å². The first-order chi connectivity index (χ1) is 13.0. The fourth-order valence-electron chi connectivity index (χ4n) is 4.29. The van der Waals surface area contributed by atoms with Gasteiger partial charge in [0, 0.05) is 36.7 Å². The molecule has 2 aliphatic rings. The maximum Gasteiger partial charge on any atom is 0.170 e. The number of pyridine rings is 1. The number of hydrogen-bond acceptors (Lipinski definition) is 3. The van der Waals surface area contributed by atoms with Gasteiger partial charge in [-0.1, -0.05) is 6.07 Å². The summed E-state index contributed by atoms with van der Waals surface area (Å²) in [7, 11) is 4.22. The quantitative estimate of drug-likeness (QED) is 0.774. The predicted octanol–water partition coefficient (Wildman–Crippen LogP) is 3.37. The van der Waals surface area contributed by atoms with E-state index in [9.17, 15) is 0 Å². The van der Waals surface area contributed by atoms with Crippen molar-refractivity contribution in [3.63, 3.8) is 0 Å². The van der Waals surface area contributed by atoms with Crippen molar-refractivity contribution in [3.8, 4) is 0 Å². The average molecular weight is 384 g/mol. The summed E-state index contributed by atoms with van der Waals surface area (Å²) in [5.41, 5.74) is 5.16. The highest BCUT2D eigenvalue weighted by Gasteiger charge is 2.41. The summed E-state index contributed by atoms with van der Waals surface area (Å²) in [6, 6.07) is 9.42. The van der Waals surface area contributed by atoms with Gasteiger partial charge >= 0.3 is 0 Å². The molecule has 0 radical (unpaired) electrons. The zero-order valence-corrected chi connectivity index (χ0v) is 17.5. The van der Waals surface area contributed by atoms with Crippen LogP contribution >= 0.6 is 12.2 Å². The Labute approximate surface area is 167 Å². The maximum absolute atomic E-state index is 5.76. The van der Waals surface area contributed by atoms with Crippen LogP contribution in [0.3, 0.4) is 0 Å². The summed E-state index contributed by atoms with van der Waals surface area (Å²) in [6.07, 6.45) is 4.46. The lowest BCUT2D eigenvalue weighted by molar-refractivity contribution is 0.277. The van der Waals surface area contributed by atoms with Crippen molar-refractivity contribution in [1.82, 2.24) is 24.7 Å². The predicted molar refractivity (Wildman–Crippen MR) is 113 cm³/mol. The first-order valence-corrected chi connectivity index (χ1v) is 10.2. The molecule has 1 saturated heterocycles. The third kappa shape index (κ3) is 3.48. The van der Waals surface area contributed by atoms with Crippen molar-refractivity contribution in [2.24, 2.45) is 0 Å². The molecule has 144 valence electrons. The molecule has 2 aromatic heterocycles.